The van der Waals surface area contributed by atoms with Gasteiger partial charge in [0.1, 0.15) is 11.6 Å². The molecule has 2 fully saturated rings. The second kappa shape index (κ2) is 13.8. The van der Waals surface area contributed by atoms with Crippen molar-refractivity contribution in [3.8, 4) is 0 Å². The van der Waals surface area contributed by atoms with Crippen LogP contribution in [0.3, 0.4) is 0 Å². The number of nitrogens with zero attached hydrogens (tertiary/aromatic N) is 3. The van der Waals surface area contributed by atoms with Crippen LogP contribution in [0, 0.1) is 11.7 Å². The van der Waals surface area contributed by atoms with E-state index in [9.17, 15) is 18.0 Å². The number of anilines is 4. The van der Waals surface area contributed by atoms with Crippen molar-refractivity contribution in [2.24, 2.45) is 5.92 Å². The summed E-state index contributed by atoms with van der Waals surface area (Å²) in [6.07, 6.45) is 4.55. The Morgan fingerprint density at radius 1 is 1.22 bits per heavy atom. The molecule has 1 aromatic heterocycles. The molecular weight excluding hydrogens is 535 g/mol. The Morgan fingerprint density at radius 3 is 2.63 bits per heavy atom. The third-order valence-corrected chi connectivity index (χ3v) is 7.70. The number of piperidine rings is 1. The number of carbonyl (C=O) groups excluding carboxylic acids is 1. The molecule has 0 spiro atoms. The summed E-state index contributed by atoms with van der Waals surface area (Å²) in [6.45, 7) is 6.21. The maximum atomic E-state index is 14.1. The van der Waals surface area contributed by atoms with Crippen molar-refractivity contribution in [2.75, 3.05) is 48.4 Å². The number of ether oxygens (including phenoxy) is 1. The Hall–Kier alpha value is -2.89. The maximum absolute atomic E-state index is 14.1. The lowest BCUT2D eigenvalue weighted by Gasteiger charge is -2.35. The molecule has 228 valence electrons. The van der Waals surface area contributed by atoms with Gasteiger partial charge in [-0.3, -0.25) is 9.69 Å². The summed E-state index contributed by atoms with van der Waals surface area (Å²) < 4.78 is 47.0. The number of alkyl halides is 2. The minimum Gasteiger partial charge on any atom is -0.396 e. The lowest BCUT2D eigenvalue weighted by atomic mass is 9.94. The molecule has 8 nitrogen and oxygen atoms in total. The number of hydrogen-bond acceptors (Lipinski definition) is 7. The molecule has 5 rings (SSSR count). The van der Waals surface area contributed by atoms with Crippen LogP contribution < -0.4 is 15.5 Å². The standard InChI is InChI=1S/C28H36F3N5O3.C2H6.H2/c1-28(30,31)17-35-9-6-18(7-10-35)27(38)36-15-19-12-20(29)14-32-26(19)34-24-5-3-21(13-25(24)36)33-22-2-4-23(8-11-37)39-16-22;1-2;/h3,5,12-14,18,22-23,33,37H,2,4,6-11,15-17H2,1H3,(H,32,34);1-2H3;1H/t22-,23-;;/m0../s1. The number of nitrogens with one attached hydrogen (secondary N) is 2. The predicted octanol–water partition coefficient (Wildman–Crippen LogP) is 5.79. The van der Waals surface area contributed by atoms with Gasteiger partial charge in [-0.15, -0.1) is 0 Å². The summed E-state index contributed by atoms with van der Waals surface area (Å²) in [5.74, 6) is -3.21. The van der Waals surface area contributed by atoms with Crippen molar-refractivity contribution < 1.29 is 29.2 Å². The fourth-order valence-electron chi connectivity index (χ4n) is 5.72. The summed E-state index contributed by atoms with van der Waals surface area (Å²) in [6, 6.07) is 7.19. The molecule has 41 heavy (non-hydrogen) atoms. The van der Waals surface area contributed by atoms with E-state index in [1.165, 1.54) is 6.07 Å². The van der Waals surface area contributed by atoms with Crippen molar-refractivity contribution in [2.45, 2.75) is 77.5 Å². The molecular formula is C30H44F3N5O3. The first kappa shape index (κ1) is 31.1. The number of pyridine rings is 1. The third-order valence-electron chi connectivity index (χ3n) is 7.70. The highest BCUT2D eigenvalue weighted by molar-refractivity contribution is 6.00. The molecule has 11 heteroatoms. The second-order valence-corrected chi connectivity index (χ2v) is 10.9. The van der Waals surface area contributed by atoms with Gasteiger partial charge in [-0.25, -0.2) is 18.2 Å². The summed E-state index contributed by atoms with van der Waals surface area (Å²) in [4.78, 5) is 21.5. The fraction of sp³-hybridized carbons (Fsp3) is 0.600. The number of halogens is 3. The van der Waals surface area contributed by atoms with Crippen molar-refractivity contribution >= 4 is 28.8 Å². The molecule has 3 aliphatic heterocycles. The van der Waals surface area contributed by atoms with Crippen LogP contribution in [0.2, 0.25) is 0 Å². The lowest BCUT2D eigenvalue weighted by molar-refractivity contribution is -0.124. The van der Waals surface area contributed by atoms with Crippen LogP contribution in [0.25, 0.3) is 0 Å². The molecule has 0 bridgehead atoms. The van der Waals surface area contributed by atoms with Gasteiger partial charge in [0.25, 0.3) is 5.92 Å². The summed E-state index contributed by atoms with van der Waals surface area (Å²) in [7, 11) is 0. The van der Waals surface area contributed by atoms with Crippen molar-refractivity contribution in [3.05, 3.63) is 41.8 Å². The Labute approximate surface area is 241 Å². The zero-order valence-electron chi connectivity index (χ0n) is 24.1. The number of benzene rings is 1. The number of amides is 1. The van der Waals surface area contributed by atoms with Crippen LogP contribution >= 0.6 is 0 Å². The van der Waals surface area contributed by atoms with E-state index in [1.54, 1.807) is 9.80 Å². The van der Waals surface area contributed by atoms with Crippen LogP contribution in [-0.4, -0.2) is 71.8 Å². The van der Waals surface area contributed by atoms with Crippen molar-refractivity contribution in [1.29, 1.82) is 0 Å². The number of aliphatic hydroxyl groups excluding tert-OH is 1. The highest BCUT2D eigenvalue weighted by Crippen LogP contribution is 2.39. The van der Waals surface area contributed by atoms with E-state index in [4.69, 9.17) is 9.84 Å². The topological polar surface area (TPSA) is 90.0 Å². The highest BCUT2D eigenvalue weighted by Gasteiger charge is 2.35. The van der Waals surface area contributed by atoms with E-state index < -0.39 is 11.7 Å². The molecule has 2 saturated heterocycles. The van der Waals surface area contributed by atoms with Gasteiger partial charge in [0.05, 0.1) is 43.4 Å². The number of rotatable bonds is 7. The molecule has 0 unspecified atom stereocenters. The largest absolute Gasteiger partial charge is 0.396 e. The van der Waals surface area contributed by atoms with Crippen molar-refractivity contribution in [1.82, 2.24) is 9.88 Å². The minimum atomic E-state index is -2.78. The van der Waals surface area contributed by atoms with Gasteiger partial charge in [-0.1, -0.05) is 13.8 Å². The Bertz CT molecular complexity index is 1170. The molecule has 1 aromatic carbocycles. The van der Waals surface area contributed by atoms with E-state index in [2.05, 4.69) is 15.6 Å². The van der Waals surface area contributed by atoms with E-state index in [-0.39, 0.29) is 45.1 Å². The lowest BCUT2D eigenvalue weighted by Crippen LogP contribution is -2.45. The zero-order valence-corrected chi connectivity index (χ0v) is 24.1. The first-order chi connectivity index (χ1) is 19.7. The molecule has 0 radical (unpaired) electrons. The van der Waals surface area contributed by atoms with Crippen LogP contribution in [0.5, 0.6) is 0 Å². The molecule has 3 aliphatic rings. The van der Waals surface area contributed by atoms with Gasteiger partial charge in [-0.05, 0) is 69.5 Å². The smallest absolute Gasteiger partial charge is 0.257 e. The number of aromatic nitrogens is 1. The Balaban J connectivity index is 0.00000158. The molecule has 0 saturated carbocycles. The maximum Gasteiger partial charge on any atom is 0.257 e. The van der Waals surface area contributed by atoms with Crippen molar-refractivity contribution in [3.63, 3.8) is 0 Å². The van der Waals surface area contributed by atoms with Crippen LogP contribution in [0.1, 0.15) is 59.9 Å². The average Bonchev–Trinajstić information content (AvgIpc) is 3.11. The number of fused-ring (bicyclic) bond motifs is 2. The number of likely N-dealkylation sites (tertiary alicyclic amines) is 1. The summed E-state index contributed by atoms with van der Waals surface area (Å²) in [5.41, 5.74) is 2.72. The molecule has 0 aliphatic carbocycles. The van der Waals surface area contributed by atoms with Gasteiger partial charge in [-0.2, -0.15) is 0 Å². The third kappa shape index (κ3) is 8.11. The Kier molecular flexibility index (Phi) is 10.5. The molecule has 3 N–H and O–H groups in total. The summed E-state index contributed by atoms with van der Waals surface area (Å²) >= 11 is 0. The number of aliphatic hydroxyl groups is 1. The number of hydrogen-bond donors (Lipinski definition) is 3. The highest BCUT2D eigenvalue weighted by atomic mass is 19.3. The van der Waals surface area contributed by atoms with E-state index in [0.717, 1.165) is 31.6 Å². The zero-order chi connectivity index (χ0) is 29.6. The van der Waals surface area contributed by atoms with Gasteiger partial charge < -0.3 is 25.4 Å². The first-order valence-electron chi connectivity index (χ1n) is 14.6. The van der Waals surface area contributed by atoms with Gasteiger partial charge >= 0.3 is 0 Å². The number of carbonyl (C=O) groups is 1. The predicted molar refractivity (Wildman–Crippen MR) is 156 cm³/mol. The van der Waals surface area contributed by atoms with E-state index in [0.29, 0.717) is 61.7 Å². The van der Waals surface area contributed by atoms with Gasteiger partial charge in [0.2, 0.25) is 5.91 Å². The van der Waals surface area contributed by atoms with Gasteiger partial charge in [0.15, 0.2) is 0 Å². The Morgan fingerprint density at radius 2 is 1.98 bits per heavy atom. The van der Waals surface area contributed by atoms with E-state index in [1.807, 2.05) is 32.0 Å². The SMILES string of the molecule is CC.CC(F)(F)CN1CCC(C(=O)N2Cc3cc(F)cnc3Nc3ccc(N[C@H]4CC[C@@H](CCO)OC4)cc32)CC1.[HH]. The fourth-order valence-corrected chi connectivity index (χ4v) is 5.72. The van der Waals surface area contributed by atoms with E-state index >= 15 is 0 Å². The quantitative estimate of drug-likeness (QED) is 0.383. The molecule has 2 atom stereocenters. The molecule has 4 heterocycles. The van der Waals surface area contributed by atoms with Crippen LogP contribution in [0.15, 0.2) is 30.5 Å². The van der Waals surface area contributed by atoms with Crippen LogP contribution in [0.4, 0.5) is 36.1 Å². The monoisotopic (exact) mass is 579 g/mol. The van der Waals surface area contributed by atoms with Crippen LogP contribution in [-0.2, 0) is 16.1 Å². The molecule has 1 amide bonds. The molecule has 2 aromatic rings. The normalized spacial score (nSPS) is 21.5. The first-order valence-corrected chi connectivity index (χ1v) is 14.6. The minimum absolute atomic E-state index is 0. The second-order valence-electron chi connectivity index (χ2n) is 10.9. The average molecular weight is 580 g/mol. The summed E-state index contributed by atoms with van der Waals surface area (Å²) in [5, 5.41) is 15.9. The van der Waals surface area contributed by atoms with Gasteiger partial charge in [0, 0.05) is 38.2 Å².